The van der Waals surface area contributed by atoms with E-state index in [2.05, 4.69) is 5.32 Å². The summed E-state index contributed by atoms with van der Waals surface area (Å²) in [6.07, 6.45) is 0. The molecule has 2 N–H and O–H groups in total. The van der Waals surface area contributed by atoms with E-state index < -0.39 is 11.3 Å². The molecule has 4 rings (SSSR count). The Hall–Kier alpha value is -4.39. The van der Waals surface area contributed by atoms with Crippen LogP contribution in [0, 0.1) is 0 Å². The predicted molar refractivity (Wildman–Crippen MR) is 120 cm³/mol. The number of carbonyl (C=O) groups excluding carboxylic acids is 2. The first kappa shape index (κ1) is 20.9. The number of amides is 1. The van der Waals surface area contributed by atoms with Crippen LogP contribution >= 0.6 is 0 Å². The summed E-state index contributed by atoms with van der Waals surface area (Å²) in [6, 6.07) is 19.7. The van der Waals surface area contributed by atoms with Gasteiger partial charge in [-0.2, -0.15) is 0 Å². The number of rotatable bonds is 6. The lowest BCUT2D eigenvalue weighted by Gasteiger charge is -2.10. The number of aromatic hydroxyl groups is 1. The number of anilines is 1. The van der Waals surface area contributed by atoms with Gasteiger partial charge in [0.15, 0.2) is 17.8 Å². The van der Waals surface area contributed by atoms with Gasteiger partial charge in [0.2, 0.25) is 0 Å². The van der Waals surface area contributed by atoms with Crippen molar-refractivity contribution in [1.29, 1.82) is 0 Å². The number of hydrogen-bond donors (Lipinski definition) is 2. The highest BCUT2D eigenvalue weighted by atomic mass is 16.5. The van der Waals surface area contributed by atoms with E-state index in [9.17, 15) is 19.5 Å². The number of Topliss-reactive ketones (excluding diaryl/α,β-unsaturated/α-hetero) is 1. The van der Waals surface area contributed by atoms with Crippen LogP contribution in [0.2, 0.25) is 0 Å². The van der Waals surface area contributed by atoms with Crippen LogP contribution in [0.15, 0.2) is 82.0 Å². The fourth-order valence-electron chi connectivity index (χ4n) is 3.23. The molecule has 1 heterocycles. The molecule has 32 heavy (non-hydrogen) atoms. The summed E-state index contributed by atoms with van der Waals surface area (Å²) in [5.41, 5.74) is 1.40. The SMILES string of the molecule is CC(=O)c1cccc(NC(=O)COc2cc(O)c3c(=O)cc(-c4ccccc4)oc3c2)c1. The summed E-state index contributed by atoms with van der Waals surface area (Å²) < 4.78 is 11.3. The van der Waals surface area contributed by atoms with Gasteiger partial charge in [0.25, 0.3) is 5.91 Å². The number of carbonyl (C=O) groups is 2. The third kappa shape index (κ3) is 4.52. The van der Waals surface area contributed by atoms with Crippen LogP contribution in [0.4, 0.5) is 5.69 Å². The topological polar surface area (TPSA) is 106 Å². The van der Waals surface area contributed by atoms with E-state index >= 15 is 0 Å². The molecule has 0 aliphatic rings. The molecular formula is C25H19NO6. The Morgan fingerprint density at radius 2 is 1.78 bits per heavy atom. The van der Waals surface area contributed by atoms with E-state index in [1.807, 2.05) is 18.2 Å². The Morgan fingerprint density at radius 1 is 1.00 bits per heavy atom. The third-order valence-electron chi connectivity index (χ3n) is 4.76. The van der Waals surface area contributed by atoms with Crippen molar-refractivity contribution in [2.75, 3.05) is 11.9 Å². The van der Waals surface area contributed by atoms with Crippen LogP contribution in [0.5, 0.6) is 11.5 Å². The van der Waals surface area contributed by atoms with Gasteiger partial charge in [0, 0.05) is 35.0 Å². The average Bonchev–Trinajstić information content (AvgIpc) is 2.78. The highest BCUT2D eigenvalue weighted by molar-refractivity contribution is 5.97. The van der Waals surface area contributed by atoms with Crippen molar-refractivity contribution in [3.63, 3.8) is 0 Å². The van der Waals surface area contributed by atoms with Crippen molar-refractivity contribution in [1.82, 2.24) is 0 Å². The molecule has 160 valence electrons. The lowest BCUT2D eigenvalue weighted by Crippen LogP contribution is -2.20. The monoisotopic (exact) mass is 429 g/mol. The zero-order chi connectivity index (χ0) is 22.7. The summed E-state index contributed by atoms with van der Waals surface area (Å²) in [5.74, 6) is -0.357. The van der Waals surface area contributed by atoms with E-state index in [0.717, 1.165) is 0 Å². The fraction of sp³-hybridized carbons (Fsp3) is 0.0800. The van der Waals surface area contributed by atoms with Gasteiger partial charge in [-0.15, -0.1) is 0 Å². The van der Waals surface area contributed by atoms with Gasteiger partial charge >= 0.3 is 0 Å². The van der Waals surface area contributed by atoms with Crippen LogP contribution in [-0.4, -0.2) is 23.4 Å². The summed E-state index contributed by atoms with van der Waals surface area (Å²) in [5, 5.41) is 13.0. The molecule has 0 atom stereocenters. The zero-order valence-corrected chi connectivity index (χ0v) is 17.1. The van der Waals surface area contributed by atoms with Crippen LogP contribution < -0.4 is 15.5 Å². The Balaban J connectivity index is 1.54. The minimum absolute atomic E-state index is 0.0301. The van der Waals surface area contributed by atoms with E-state index in [0.29, 0.717) is 22.6 Å². The zero-order valence-electron chi connectivity index (χ0n) is 17.1. The number of hydrogen-bond acceptors (Lipinski definition) is 6. The Bertz CT molecular complexity index is 1370. The summed E-state index contributed by atoms with van der Waals surface area (Å²) in [6.45, 7) is 1.09. The number of ether oxygens (including phenoxy) is 1. The molecular weight excluding hydrogens is 410 g/mol. The van der Waals surface area contributed by atoms with Gasteiger partial charge in [-0.25, -0.2) is 0 Å². The smallest absolute Gasteiger partial charge is 0.262 e. The predicted octanol–water partition coefficient (Wildman–Crippen LogP) is 4.39. The first-order chi connectivity index (χ1) is 15.4. The minimum Gasteiger partial charge on any atom is -0.507 e. The second-order valence-corrected chi connectivity index (χ2v) is 7.13. The molecule has 1 amide bonds. The molecule has 0 radical (unpaired) electrons. The fourth-order valence-corrected chi connectivity index (χ4v) is 3.23. The van der Waals surface area contributed by atoms with Gasteiger partial charge in [0.05, 0.1) is 0 Å². The first-order valence-corrected chi connectivity index (χ1v) is 9.80. The van der Waals surface area contributed by atoms with Crippen molar-refractivity contribution >= 4 is 28.3 Å². The summed E-state index contributed by atoms with van der Waals surface area (Å²) in [7, 11) is 0. The molecule has 0 saturated carbocycles. The molecule has 0 aliphatic heterocycles. The lowest BCUT2D eigenvalue weighted by atomic mass is 10.1. The van der Waals surface area contributed by atoms with E-state index in [4.69, 9.17) is 9.15 Å². The maximum absolute atomic E-state index is 12.5. The molecule has 0 aliphatic carbocycles. The van der Waals surface area contributed by atoms with Crippen LogP contribution in [0.1, 0.15) is 17.3 Å². The number of phenolic OH excluding ortho intramolecular Hbond substituents is 1. The quantitative estimate of drug-likeness (QED) is 0.441. The molecule has 1 aromatic heterocycles. The van der Waals surface area contributed by atoms with Crippen molar-refractivity contribution in [3.8, 4) is 22.8 Å². The summed E-state index contributed by atoms with van der Waals surface area (Å²) >= 11 is 0. The van der Waals surface area contributed by atoms with Crippen LogP contribution in [0.3, 0.4) is 0 Å². The van der Waals surface area contributed by atoms with Gasteiger partial charge in [0.1, 0.15) is 28.2 Å². The highest BCUT2D eigenvalue weighted by Crippen LogP contribution is 2.31. The first-order valence-electron chi connectivity index (χ1n) is 9.80. The molecule has 4 aromatic rings. The molecule has 3 aromatic carbocycles. The van der Waals surface area contributed by atoms with Gasteiger partial charge in [-0.05, 0) is 19.1 Å². The molecule has 0 fully saturated rings. The van der Waals surface area contributed by atoms with Crippen molar-refractivity contribution in [2.45, 2.75) is 6.92 Å². The number of nitrogens with one attached hydrogen (secondary N) is 1. The number of phenols is 1. The van der Waals surface area contributed by atoms with Crippen molar-refractivity contribution in [2.24, 2.45) is 0 Å². The highest BCUT2D eigenvalue weighted by Gasteiger charge is 2.14. The number of benzene rings is 3. The van der Waals surface area contributed by atoms with Crippen LogP contribution in [-0.2, 0) is 4.79 Å². The molecule has 7 nitrogen and oxygen atoms in total. The Kier molecular flexibility index (Phi) is 5.72. The second kappa shape index (κ2) is 8.77. The maximum atomic E-state index is 12.5. The average molecular weight is 429 g/mol. The Morgan fingerprint density at radius 3 is 2.53 bits per heavy atom. The van der Waals surface area contributed by atoms with Crippen LogP contribution in [0.25, 0.3) is 22.3 Å². The van der Waals surface area contributed by atoms with E-state index in [1.165, 1.54) is 25.1 Å². The lowest BCUT2D eigenvalue weighted by molar-refractivity contribution is -0.118. The largest absolute Gasteiger partial charge is 0.507 e. The molecule has 7 heteroatoms. The molecule has 0 unspecified atom stereocenters. The standard InChI is InChI=1S/C25H19NO6/c1-15(27)17-8-5-9-18(10-17)26-24(30)14-31-19-11-20(28)25-21(29)13-22(32-23(25)12-19)16-6-3-2-4-7-16/h2-13,28H,14H2,1H3,(H,26,30). The van der Waals surface area contributed by atoms with E-state index in [-0.39, 0.29) is 34.9 Å². The Labute approximate surface area is 182 Å². The summed E-state index contributed by atoms with van der Waals surface area (Å²) in [4.78, 5) is 36.2. The van der Waals surface area contributed by atoms with Gasteiger partial charge in [-0.1, -0.05) is 42.5 Å². The normalized spacial score (nSPS) is 10.7. The number of ketones is 1. The molecule has 0 spiro atoms. The third-order valence-corrected chi connectivity index (χ3v) is 4.76. The van der Waals surface area contributed by atoms with Gasteiger partial charge < -0.3 is 19.6 Å². The number of fused-ring (bicyclic) bond motifs is 1. The van der Waals surface area contributed by atoms with Crippen molar-refractivity contribution < 1.29 is 23.8 Å². The second-order valence-electron chi connectivity index (χ2n) is 7.13. The maximum Gasteiger partial charge on any atom is 0.262 e. The van der Waals surface area contributed by atoms with Crippen molar-refractivity contribution in [3.05, 3.63) is 88.6 Å². The molecule has 0 saturated heterocycles. The van der Waals surface area contributed by atoms with E-state index in [1.54, 1.807) is 36.4 Å². The molecule has 0 bridgehead atoms. The van der Waals surface area contributed by atoms with Gasteiger partial charge in [-0.3, -0.25) is 14.4 Å². The minimum atomic E-state index is -0.454.